The Hall–Kier alpha value is 0.170. The molecule has 72 valence electrons. The summed E-state index contributed by atoms with van der Waals surface area (Å²) in [7, 11) is 0. The first-order valence-electron chi connectivity index (χ1n) is 4.20. The molecule has 1 aliphatic rings. The molecule has 1 aliphatic heterocycles. The summed E-state index contributed by atoms with van der Waals surface area (Å²) in [5, 5.41) is 8.83. The van der Waals surface area contributed by atoms with Gasteiger partial charge in [-0.1, -0.05) is 0 Å². The fraction of sp³-hybridized carbons (Fsp3) is 1.00. The summed E-state index contributed by atoms with van der Waals surface area (Å²) in [6.07, 6.45) is 0.215. The first kappa shape index (κ1) is 10.3. The van der Waals surface area contributed by atoms with Gasteiger partial charge >= 0.3 is 0 Å². The second-order valence-electron chi connectivity index (χ2n) is 3.28. The van der Waals surface area contributed by atoms with Crippen molar-refractivity contribution >= 4 is 11.8 Å². The van der Waals surface area contributed by atoms with Gasteiger partial charge in [0.05, 0.1) is 0 Å². The second kappa shape index (κ2) is 3.92. The van der Waals surface area contributed by atoms with Crippen LogP contribution >= 0.6 is 11.8 Å². The third-order valence-corrected chi connectivity index (χ3v) is 3.53. The van der Waals surface area contributed by atoms with Crippen molar-refractivity contribution in [3.05, 3.63) is 0 Å². The van der Waals surface area contributed by atoms with Crippen LogP contribution in [0.15, 0.2) is 0 Å². The highest BCUT2D eigenvalue weighted by atomic mass is 32.2. The van der Waals surface area contributed by atoms with E-state index in [-0.39, 0.29) is 11.7 Å². The van der Waals surface area contributed by atoms with Gasteiger partial charge in [-0.05, 0) is 25.5 Å². The Balaban J connectivity index is 2.37. The lowest BCUT2D eigenvalue weighted by atomic mass is 10.1. The largest absolute Gasteiger partial charge is 0.387 e. The smallest absolute Gasteiger partial charge is 0.274 e. The van der Waals surface area contributed by atoms with Crippen molar-refractivity contribution in [1.29, 1.82) is 0 Å². The highest BCUT2D eigenvalue weighted by Crippen LogP contribution is 2.36. The molecule has 0 amide bonds. The van der Waals surface area contributed by atoms with Gasteiger partial charge in [-0.15, -0.1) is 0 Å². The van der Waals surface area contributed by atoms with Gasteiger partial charge in [-0.25, -0.2) is 8.78 Å². The van der Waals surface area contributed by atoms with Gasteiger partial charge in [-0.3, -0.25) is 0 Å². The zero-order valence-corrected chi connectivity index (χ0v) is 7.91. The van der Waals surface area contributed by atoms with Crippen LogP contribution in [0.1, 0.15) is 26.2 Å². The van der Waals surface area contributed by atoms with E-state index in [1.165, 1.54) is 0 Å². The van der Waals surface area contributed by atoms with E-state index in [0.29, 0.717) is 0 Å². The molecule has 0 saturated carbocycles. The number of thioether (sulfide) groups is 1. The van der Waals surface area contributed by atoms with Crippen molar-refractivity contribution in [1.82, 2.24) is 0 Å². The molecule has 12 heavy (non-hydrogen) atoms. The van der Waals surface area contributed by atoms with Crippen LogP contribution in [0, 0.1) is 0 Å². The minimum absolute atomic E-state index is 0.0506. The maximum atomic E-state index is 12.9. The van der Waals surface area contributed by atoms with E-state index in [9.17, 15) is 8.78 Å². The summed E-state index contributed by atoms with van der Waals surface area (Å²) in [5.74, 6) is -1.91. The number of aliphatic hydroxyl groups excluding tert-OH is 1. The normalized spacial score (nSPS) is 27.5. The average molecular weight is 196 g/mol. The van der Waals surface area contributed by atoms with E-state index in [4.69, 9.17) is 5.11 Å². The lowest BCUT2D eigenvalue weighted by Gasteiger charge is -2.22. The van der Waals surface area contributed by atoms with Gasteiger partial charge in [0.15, 0.2) is 0 Å². The second-order valence-corrected chi connectivity index (χ2v) is 4.68. The first-order chi connectivity index (χ1) is 5.52. The van der Waals surface area contributed by atoms with E-state index in [0.717, 1.165) is 25.5 Å². The van der Waals surface area contributed by atoms with E-state index in [1.54, 1.807) is 11.8 Å². The Kier molecular flexibility index (Phi) is 3.35. The van der Waals surface area contributed by atoms with Crippen LogP contribution in [0.3, 0.4) is 0 Å². The fourth-order valence-electron chi connectivity index (χ4n) is 1.28. The Morgan fingerprint density at radius 1 is 1.67 bits per heavy atom. The summed E-state index contributed by atoms with van der Waals surface area (Å²) < 4.78 is 25.9. The SMILES string of the molecule is CC(O)C(F)(F)CC1CCCS1. The zero-order valence-electron chi connectivity index (χ0n) is 7.09. The first-order valence-corrected chi connectivity index (χ1v) is 5.25. The van der Waals surface area contributed by atoms with Crippen molar-refractivity contribution in [3.8, 4) is 0 Å². The molecular weight excluding hydrogens is 182 g/mol. The molecule has 1 nitrogen and oxygen atoms in total. The molecule has 1 rings (SSSR count). The molecule has 0 aliphatic carbocycles. The molecule has 2 atom stereocenters. The van der Waals surface area contributed by atoms with Gasteiger partial charge in [0.2, 0.25) is 0 Å². The van der Waals surface area contributed by atoms with Crippen LogP contribution in [0.4, 0.5) is 8.78 Å². The Labute approximate surface area is 75.5 Å². The molecule has 4 heteroatoms. The number of rotatable bonds is 3. The molecule has 0 aromatic heterocycles. The third-order valence-electron chi connectivity index (χ3n) is 2.14. The van der Waals surface area contributed by atoms with Crippen LogP contribution in [0.2, 0.25) is 0 Å². The summed E-state index contributed by atoms with van der Waals surface area (Å²) in [4.78, 5) is 0. The van der Waals surface area contributed by atoms with Crippen molar-refractivity contribution in [3.63, 3.8) is 0 Å². The van der Waals surface area contributed by atoms with Gasteiger partial charge in [0, 0.05) is 11.7 Å². The van der Waals surface area contributed by atoms with Crippen molar-refractivity contribution in [2.24, 2.45) is 0 Å². The van der Waals surface area contributed by atoms with E-state index < -0.39 is 12.0 Å². The molecule has 1 saturated heterocycles. The predicted molar refractivity (Wildman–Crippen MR) is 46.7 cm³/mol. The lowest BCUT2D eigenvalue weighted by Crippen LogP contribution is -2.33. The fourth-order valence-corrected chi connectivity index (χ4v) is 2.62. The molecule has 0 spiro atoms. The number of halogens is 2. The summed E-state index contributed by atoms with van der Waals surface area (Å²) in [6, 6.07) is 0. The molecule has 0 radical (unpaired) electrons. The summed E-state index contributed by atoms with van der Waals surface area (Å²) in [6.45, 7) is 1.15. The number of hydrogen-bond donors (Lipinski definition) is 1. The van der Waals surface area contributed by atoms with Gasteiger partial charge in [0.1, 0.15) is 6.10 Å². The quantitative estimate of drug-likeness (QED) is 0.747. The van der Waals surface area contributed by atoms with Crippen molar-refractivity contribution in [2.45, 2.75) is 43.5 Å². The van der Waals surface area contributed by atoms with Crippen LogP contribution in [0.25, 0.3) is 0 Å². The highest BCUT2D eigenvalue weighted by molar-refractivity contribution is 8.00. The van der Waals surface area contributed by atoms with Gasteiger partial charge in [-0.2, -0.15) is 11.8 Å². The van der Waals surface area contributed by atoms with Crippen molar-refractivity contribution in [2.75, 3.05) is 5.75 Å². The van der Waals surface area contributed by atoms with Gasteiger partial charge < -0.3 is 5.11 Å². The summed E-state index contributed by atoms with van der Waals surface area (Å²) in [5.41, 5.74) is 0. The molecule has 1 fully saturated rings. The average Bonchev–Trinajstić information content (AvgIpc) is 2.38. The Morgan fingerprint density at radius 3 is 2.75 bits per heavy atom. The number of aliphatic hydroxyl groups is 1. The lowest BCUT2D eigenvalue weighted by molar-refractivity contribution is -0.104. The number of alkyl halides is 2. The van der Waals surface area contributed by atoms with E-state index in [1.807, 2.05) is 0 Å². The van der Waals surface area contributed by atoms with Crippen LogP contribution in [0.5, 0.6) is 0 Å². The minimum Gasteiger partial charge on any atom is -0.387 e. The molecule has 1 N–H and O–H groups in total. The van der Waals surface area contributed by atoms with E-state index >= 15 is 0 Å². The minimum atomic E-state index is -2.90. The summed E-state index contributed by atoms with van der Waals surface area (Å²) >= 11 is 1.60. The van der Waals surface area contributed by atoms with Crippen LogP contribution in [-0.4, -0.2) is 28.1 Å². The topological polar surface area (TPSA) is 20.2 Å². The Bertz CT molecular complexity index is 144. The van der Waals surface area contributed by atoms with Crippen LogP contribution in [-0.2, 0) is 0 Å². The molecular formula is C8H14F2OS. The molecule has 0 bridgehead atoms. The maximum absolute atomic E-state index is 12.9. The zero-order chi connectivity index (χ0) is 9.19. The van der Waals surface area contributed by atoms with E-state index in [2.05, 4.69) is 0 Å². The molecule has 0 aromatic rings. The predicted octanol–water partition coefficient (Wildman–Crippen LogP) is 2.29. The number of hydrogen-bond acceptors (Lipinski definition) is 2. The maximum Gasteiger partial charge on any atom is 0.274 e. The van der Waals surface area contributed by atoms with Gasteiger partial charge in [0.25, 0.3) is 5.92 Å². The third kappa shape index (κ3) is 2.59. The van der Waals surface area contributed by atoms with Crippen LogP contribution < -0.4 is 0 Å². The highest BCUT2D eigenvalue weighted by Gasteiger charge is 2.38. The van der Waals surface area contributed by atoms with Crippen molar-refractivity contribution < 1.29 is 13.9 Å². The monoisotopic (exact) mass is 196 g/mol. The molecule has 1 heterocycles. The standard InChI is InChI=1S/C8H14F2OS/c1-6(11)8(9,10)5-7-3-2-4-12-7/h6-7,11H,2-5H2,1H3. The Morgan fingerprint density at radius 2 is 2.33 bits per heavy atom. The molecule has 0 aromatic carbocycles. The molecule has 2 unspecified atom stereocenters.